The van der Waals surface area contributed by atoms with Crippen molar-refractivity contribution in [1.29, 1.82) is 0 Å². The van der Waals surface area contributed by atoms with E-state index in [-0.39, 0.29) is 18.1 Å². The van der Waals surface area contributed by atoms with Gasteiger partial charge in [0.15, 0.2) is 5.78 Å². The maximum atomic E-state index is 11.6. The lowest BCUT2D eigenvalue weighted by Gasteiger charge is -2.00. The highest BCUT2D eigenvalue weighted by Gasteiger charge is 2.30. The highest BCUT2D eigenvalue weighted by atomic mass is 16.6. The number of hydrogen-bond acceptors (Lipinski definition) is 2. The van der Waals surface area contributed by atoms with Gasteiger partial charge >= 0.3 is 5.97 Å². The molecule has 3 heteroatoms. The van der Waals surface area contributed by atoms with E-state index in [0.29, 0.717) is 5.56 Å². The zero-order valence-corrected chi connectivity index (χ0v) is 8.27. The van der Waals surface area contributed by atoms with Gasteiger partial charge in [-0.2, -0.15) is 0 Å². The average molecular weight is 206 g/mol. The van der Waals surface area contributed by atoms with Crippen molar-refractivity contribution >= 4 is 11.8 Å². The number of carboxylic acids is 1. The second-order valence-corrected chi connectivity index (χ2v) is 3.91. The van der Waals surface area contributed by atoms with Crippen LogP contribution in [0.15, 0.2) is 24.3 Å². The van der Waals surface area contributed by atoms with Crippen LogP contribution in [0.3, 0.4) is 0 Å². The van der Waals surface area contributed by atoms with Crippen molar-refractivity contribution < 1.29 is 14.7 Å². The first-order valence-electron chi connectivity index (χ1n) is 5.02. The van der Waals surface area contributed by atoms with Gasteiger partial charge in [-0.15, -0.1) is 0 Å². The highest BCUT2D eigenvalue weighted by Crippen LogP contribution is 2.32. The van der Waals surface area contributed by atoms with Gasteiger partial charge in [0.2, 0.25) is 0 Å². The number of benzene rings is 1. The molecule has 0 bridgehead atoms. The van der Waals surface area contributed by atoms with E-state index in [0.717, 1.165) is 18.4 Å². The summed E-state index contributed by atoms with van der Waals surface area (Å²) in [6.07, 6.45) is 2.00. The second-order valence-electron chi connectivity index (χ2n) is 3.91. The van der Waals surface area contributed by atoms with E-state index in [9.17, 15) is 9.59 Å². The molecule has 1 aliphatic rings. The van der Waals surface area contributed by atoms with Crippen LogP contribution in [0.4, 0.5) is 0 Å². The van der Waals surface area contributed by atoms with Crippen LogP contribution in [-0.4, -0.2) is 16.9 Å². The smallest absolute Gasteiger partial charge is 0.307 e. The van der Waals surface area contributed by atoms with Crippen LogP contribution < -0.4 is 0 Å². The largest absolute Gasteiger partial charge is 0.481 e. The molecule has 1 aliphatic carbocycles. The summed E-state index contributed by atoms with van der Waals surface area (Å²) in [5.41, 5.74) is 1.43. The highest BCUT2D eigenvalue weighted by molar-refractivity contribution is 5.99. The van der Waals surface area contributed by atoms with Crippen LogP contribution in [-0.2, 0) is 11.2 Å². The summed E-state index contributed by atoms with van der Waals surface area (Å²) in [4.78, 5) is 22.1. The summed E-state index contributed by atoms with van der Waals surface area (Å²) >= 11 is 0. The molecule has 0 atom stereocenters. The normalized spacial score (nSPS) is 14.9. The number of carboxylic acid groups (broad SMARTS) is 1. The molecule has 0 aliphatic heterocycles. The molecule has 0 saturated heterocycles. The fraction of sp³-hybridized carbons (Fsp3) is 0.333. The quantitative estimate of drug-likeness (QED) is 0.765. The molecule has 78 valence electrons. The molecule has 1 N–H and O–H groups in total. The summed E-state index contributed by atoms with van der Waals surface area (Å²) in [5.74, 6) is -0.441. The number of ketones is 1. The zero-order chi connectivity index (χ0) is 10.8. The molecule has 0 heterocycles. The van der Waals surface area contributed by atoms with E-state index in [2.05, 4.69) is 0 Å². The fourth-order valence-electron chi connectivity index (χ4n) is 1.54. The molecule has 15 heavy (non-hydrogen) atoms. The van der Waals surface area contributed by atoms with Gasteiger partial charge in [0.05, 0.1) is 6.42 Å². The Labute approximate surface area is 87.7 Å². The summed E-state index contributed by atoms with van der Waals surface area (Å²) in [6.45, 7) is 0. The number of aliphatic carboxylic acids is 1. The minimum Gasteiger partial charge on any atom is -0.481 e. The first-order chi connectivity index (χ1) is 7.16. The van der Waals surface area contributed by atoms with Crippen LogP contribution in [0.25, 0.3) is 0 Å². The predicted octanol–water partition coefficient (Wildman–Crippen LogP) is 1.91. The van der Waals surface area contributed by atoms with Gasteiger partial charge in [-0.1, -0.05) is 24.3 Å². The number of rotatable bonds is 4. The van der Waals surface area contributed by atoms with Crippen LogP contribution in [0.5, 0.6) is 0 Å². The lowest BCUT2D eigenvalue weighted by atomic mass is 10.1. The lowest BCUT2D eigenvalue weighted by molar-refractivity contribution is -0.136. The van der Waals surface area contributed by atoms with Gasteiger partial charge in [-0.25, -0.2) is 0 Å². The van der Waals surface area contributed by atoms with Crippen molar-refractivity contribution in [3.63, 3.8) is 0 Å². The Hall–Kier alpha value is -1.64. The Morgan fingerprint density at radius 1 is 1.33 bits per heavy atom. The predicted molar refractivity (Wildman–Crippen MR) is 54.8 cm³/mol. The fourth-order valence-corrected chi connectivity index (χ4v) is 1.54. The minimum atomic E-state index is -0.851. The van der Waals surface area contributed by atoms with E-state index in [4.69, 9.17) is 5.11 Å². The van der Waals surface area contributed by atoms with Crippen molar-refractivity contribution in [3.05, 3.63) is 35.4 Å². The van der Waals surface area contributed by atoms with Crippen molar-refractivity contribution in [3.8, 4) is 0 Å². The van der Waals surface area contributed by atoms with Crippen molar-refractivity contribution in [2.24, 2.45) is 5.92 Å². The van der Waals surface area contributed by atoms with Gasteiger partial charge < -0.3 is 5.11 Å². The first kappa shape index (κ1) is 9.90. The average Bonchev–Trinajstić information content (AvgIpc) is 3.00. The Bertz CT molecular complexity index is 388. The third-order valence-corrected chi connectivity index (χ3v) is 2.54. The third-order valence-electron chi connectivity index (χ3n) is 2.54. The molecule has 1 saturated carbocycles. The van der Waals surface area contributed by atoms with Crippen molar-refractivity contribution in [2.75, 3.05) is 0 Å². The zero-order valence-electron chi connectivity index (χ0n) is 8.27. The molecule has 1 aromatic rings. The molecule has 0 aromatic heterocycles. The second kappa shape index (κ2) is 3.85. The number of hydrogen-bond donors (Lipinski definition) is 1. The van der Waals surface area contributed by atoms with Gasteiger partial charge in [0, 0.05) is 11.5 Å². The van der Waals surface area contributed by atoms with E-state index in [1.807, 2.05) is 0 Å². The molecular formula is C12H12O3. The van der Waals surface area contributed by atoms with Crippen molar-refractivity contribution in [2.45, 2.75) is 19.3 Å². The monoisotopic (exact) mass is 206 g/mol. The minimum absolute atomic E-state index is 0.0118. The maximum Gasteiger partial charge on any atom is 0.307 e. The topological polar surface area (TPSA) is 54.4 Å². The van der Waals surface area contributed by atoms with Gasteiger partial charge in [-0.05, 0) is 18.4 Å². The van der Waals surface area contributed by atoms with Crippen LogP contribution in [0.1, 0.15) is 28.8 Å². The molecule has 1 aromatic carbocycles. The van der Waals surface area contributed by atoms with Crippen LogP contribution >= 0.6 is 0 Å². The van der Waals surface area contributed by atoms with Crippen LogP contribution in [0.2, 0.25) is 0 Å². The first-order valence-corrected chi connectivity index (χ1v) is 5.02. The van der Waals surface area contributed by atoms with Crippen LogP contribution in [0, 0.1) is 5.92 Å². The number of carbonyl (C=O) groups excluding carboxylic acids is 1. The van der Waals surface area contributed by atoms with E-state index in [1.54, 1.807) is 24.3 Å². The molecule has 2 rings (SSSR count). The SMILES string of the molecule is O=C(c1ccc(C[14C](=O)O)cc1)C1CC1. The third kappa shape index (κ3) is 2.43. The lowest BCUT2D eigenvalue weighted by Crippen LogP contribution is -2.03. The summed E-state index contributed by atoms with van der Waals surface area (Å²) in [6, 6.07) is 6.87. The Morgan fingerprint density at radius 3 is 2.40 bits per heavy atom. The van der Waals surface area contributed by atoms with Gasteiger partial charge in [0.25, 0.3) is 0 Å². The van der Waals surface area contributed by atoms with E-state index in [1.165, 1.54) is 0 Å². The molecule has 0 unspecified atom stereocenters. The van der Waals surface area contributed by atoms with E-state index >= 15 is 0 Å². The Kier molecular flexibility index (Phi) is 2.54. The number of carbonyl (C=O) groups is 2. The molecular weight excluding hydrogens is 194 g/mol. The summed E-state index contributed by atoms with van der Waals surface area (Å²) < 4.78 is 0. The molecule has 0 spiro atoms. The number of Topliss-reactive ketones (excluding diaryl/α,β-unsaturated/α-hetero) is 1. The van der Waals surface area contributed by atoms with Crippen molar-refractivity contribution in [1.82, 2.24) is 0 Å². The maximum absolute atomic E-state index is 11.6. The Balaban J connectivity index is 2.09. The molecule has 1 fully saturated rings. The summed E-state index contributed by atoms with van der Waals surface area (Å²) in [5, 5.41) is 8.58. The van der Waals surface area contributed by atoms with Gasteiger partial charge in [0.1, 0.15) is 0 Å². The van der Waals surface area contributed by atoms with E-state index < -0.39 is 5.97 Å². The molecule has 0 radical (unpaired) electrons. The van der Waals surface area contributed by atoms with Gasteiger partial charge in [-0.3, -0.25) is 9.59 Å². The Morgan fingerprint density at radius 2 is 1.93 bits per heavy atom. The summed E-state index contributed by atoms with van der Waals surface area (Å²) in [7, 11) is 0. The standard InChI is InChI=1S/C12H12O3/c13-11(14)7-8-1-3-9(4-2-8)12(15)10-5-6-10/h1-4,10H,5-7H2,(H,13,14)/i11+2. The molecule has 3 nitrogen and oxygen atoms in total. The molecule has 0 amide bonds.